The Morgan fingerprint density at radius 1 is 0.585 bits per heavy atom. The summed E-state index contributed by atoms with van der Waals surface area (Å²) in [6.45, 7) is -2.59. The van der Waals surface area contributed by atoms with E-state index in [9.17, 15) is 9.59 Å². The number of rotatable bonds is 6. The number of hydrogen-bond donors (Lipinski definition) is 0. The summed E-state index contributed by atoms with van der Waals surface area (Å²) in [7, 11) is 0. The number of carbonyl (C=O) groups is 2. The number of benzene rings is 5. The van der Waals surface area contributed by atoms with E-state index in [1.165, 1.54) is 5.01 Å². The summed E-state index contributed by atoms with van der Waals surface area (Å²) in [5.41, 5.74) is 2.19. The molecule has 5 heteroatoms. The van der Waals surface area contributed by atoms with Crippen LogP contribution in [-0.4, -0.2) is 23.2 Å². The molecule has 0 N–H and O–H groups in total. The first-order valence-electron chi connectivity index (χ1n) is 13.4. The summed E-state index contributed by atoms with van der Waals surface area (Å²) >= 11 is 0. The van der Waals surface area contributed by atoms with Gasteiger partial charge in [-0.15, -0.1) is 0 Å². The molecule has 0 fully saturated rings. The minimum absolute atomic E-state index is 0.206. The van der Waals surface area contributed by atoms with Gasteiger partial charge in [-0.3, -0.25) is 9.59 Å². The largest absolute Gasteiger partial charge is 0.287 e. The quantitative estimate of drug-likeness (QED) is 0.190. The number of Topliss-reactive ketones (excluding diaryl/α,β-unsaturated/α-hetero) is 1. The number of anilines is 1. The van der Waals surface area contributed by atoms with Gasteiger partial charge in [-0.1, -0.05) is 140 Å². The van der Waals surface area contributed by atoms with Crippen molar-refractivity contribution in [2.45, 2.75) is 0 Å². The number of fused-ring (bicyclic) bond motifs is 1. The lowest BCUT2D eigenvalue weighted by Crippen LogP contribution is -2.34. The number of hydrogen-bond acceptors (Lipinski definition) is 3. The van der Waals surface area contributed by atoms with Crippen molar-refractivity contribution in [1.82, 2.24) is 0 Å². The summed E-state index contributed by atoms with van der Waals surface area (Å²) in [6, 6.07) is 47.2. The van der Waals surface area contributed by atoms with E-state index in [1.54, 1.807) is 12.1 Å². The van der Waals surface area contributed by atoms with Crippen LogP contribution in [0.25, 0.3) is 6.08 Å². The van der Waals surface area contributed by atoms with Crippen molar-refractivity contribution >= 4 is 57.8 Å². The molecule has 0 saturated heterocycles. The fourth-order valence-electron chi connectivity index (χ4n) is 5.10. The van der Waals surface area contributed by atoms with E-state index in [2.05, 4.69) is 36.4 Å². The normalized spacial score (nSPS) is 13.5. The average molecular weight is 551 g/mol. The molecule has 0 aliphatic heterocycles. The predicted molar refractivity (Wildman–Crippen MR) is 172 cm³/mol. The van der Waals surface area contributed by atoms with Gasteiger partial charge in [0.15, 0.2) is 0 Å². The van der Waals surface area contributed by atoms with Crippen molar-refractivity contribution in [2.24, 2.45) is 5.10 Å². The summed E-state index contributed by atoms with van der Waals surface area (Å²) < 4.78 is 0. The van der Waals surface area contributed by atoms with Gasteiger partial charge in [0, 0.05) is 11.4 Å². The van der Waals surface area contributed by atoms with E-state index in [4.69, 9.17) is 5.10 Å². The van der Waals surface area contributed by atoms with Crippen LogP contribution < -0.4 is 20.9 Å². The van der Waals surface area contributed by atoms with E-state index < -0.39 is 6.89 Å². The Hall–Kier alpha value is -5.05. The highest BCUT2D eigenvalue weighted by Crippen LogP contribution is 2.43. The molecule has 198 valence electrons. The molecule has 1 aliphatic rings. The van der Waals surface area contributed by atoms with E-state index in [0.717, 1.165) is 21.5 Å². The fourth-order valence-corrected chi connectivity index (χ4v) is 8.81. The number of allylic oxidation sites excluding steroid dienone is 1. The van der Waals surface area contributed by atoms with Gasteiger partial charge in [0.1, 0.15) is 5.71 Å². The number of nitrogens with zero attached hydrogens (tertiary/aromatic N) is 2. The van der Waals surface area contributed by atoms with Crippen LogP contribution >= 0.6 is 6.89 Å². The molecular formula is C36H27N2O2P. The molecule has 0 bridgehead atoms. The highest BCUT2D eigenvalue weighted by Gasteiger charge is 2.29. The number of ketones is 1. The molecule has 0 unspecified atom stereocenters. The minimum atomic E-state index is -2.59. The number of hydrazone groups is 1. The maximum absolute atomic E-state index is 14.6. The van der Waals surface area contributed by atoms with E-state index in [1.807, 2.05) is 115 Å². The van der Waals surface area contributed by atoms with Gasteiger partial charge in [-0.2, -0.15) is 10.1 Å². The van der Waals surface area contributed by atoms with Gasteiger partial charge in [0.25, 0.3) is 5.91 Å². The molecule has 6 rings (SSSR count). The number of carbonyl (C=O) groups excluding carboxylic acids is 2. The lowest BCUT2D eigenvalue weighted by Gasteiger charge is -2.29. The van der Waals surface area contributed by atoms with Crippen molar-refractivity contribution in [3.05, 3.63) is 163 Å². The van der Waals surface area contributed by atoms with Crippen LogP contribution in [0.1, 0.15) is 15.9 Å². The Balaban J connectivity index is 1.59. The van der Waals surface area contributed by atoms with Crippen molar-refractivity contribution in [1.29, 1.82) is 0 Å². The first-order chi connectivity index (χ1) is 20.2. The molecule has 4 nitrogen and oxygen atoms in total. The van der Waals surface area contributed by atoms with Crippen LogP contribution in [0.3, 0.4) is 0 Å². The molecule has 0 radical (unpaired) electrons. The lowest BCUT2D eigenvalue weighted by atomic mass is 9.95. The van der Waals surface area contributed by atoms with Gasteiger partial charge in [-0.25, -0.2) is 0 Å². The first kappa shape index (κ1) is 26.2. The minimum Gasteiger partial charge on any atom is -0.287 e. The maximum Gasteiger partial charge on any atom is 0.272 e. The molecule has 5 aromatic carbocycles. The zero-order chi connectivity index (χ0) is 28.1. The Kier molecular flexibility index (Phi) is 7.40. The summed E-state index contributed by atoms with van der Waals surface area (Å²) in [5.74, 6) is 1.30. The van der Waals surface area contributed by atoms with E-state index >= 15 is 0 Å². The number of amides is 1. The van der Waals surface area contributed by atoms with Crippen molar-refractivity contribution < 1.29 is 9.59 Å². The topological polar surface area (TPSA) is 49.7 Å². The predicted octanol–water partition coefficient (Wildman–Crippen LogP) is 6.08. The molecule has 0 saturated carbocycles. The molecule has 0 aromatic heterocycles. The zero-order valence-electron chi connectivity index (χ0n) is 22.2. The Labute approximate surface area is 239 Å². The van der Waals surface area contributed by atoms with Crippen LogP contribution in [0, 0.1) is 0 Å². The summed E-state index contributed by atoms with van der Waals surface area (Å²) in [5, 5.41) is 9.21. The number of para-hydroxylation sites is 1. The van der Waals surface area contributed by atoms with Gasteiger partial charge >= 0.3 is 0 Å². The standard InChI is InChI=1S/C36H27N2O2P/c39-35(38(29-16-5-1-6-17-29)37-34-26-25-28-15-13-14-24-33(28)36(34)40)27-41(30-18-7-2-8-19-30,31-20-9-3-10-21-31)32-22-11-4-12-23-32/h1-27H. The molecule has 0 atom stereocenters. The molecule has 1 aliphatic carbocycles. The molecular weight excluding hydrogens is 523 g/mol. The smallest absolute Gasteiger partial charge is 0.272 e. The third-order valence-corrected chi connectivity index (χ3v) is 11.0. The SMILES string of the molecule is O=C1C(=NN(C(=O)C=P(c2ccccc2)(c2ccccc2)c2ccccc2)c2ccccc2)C=Cc2ccccc21. The Bertz CT molecular complexity index is 1710. The first-order valence-corrected chi connectivity index (χ1v) is 15.2. The lowest BCUT2D eigenvalue weighted by molar-refractivity contribution is -0.112. The monoisotopic (exact) mass is 550 g/mol. The van der Waals surface area contributed by atoms with E-state index in [0.29, 0.717) is 11.3 Å². The highest BCUT2D eigenvalue weighted by molar-refractivity contribution is 7.95. The molecule has 0 heterocycles. The van der Waals surface area contributed by atoms with Crippen molar-refractivity contribution in [2.75, 3.05) is 5.01 Å². The summed E-state index contributed by atoms with van der Waals surface area (Å²) in [6.07, 6.45) is 3.55. The van der Waals surface area contributed by atoms with E-state index in [-0.39, 0.29) is 17.4 Å². The van der Waals surface area contributed by atoms with Gasteiger partial charge < -0.3 is 0 Å². The average Bonchev–Trinajstić information content (AvgIpc) is 3.05. The van der Waals surface area contributed by atoms with Crippen LogP contribution in [0.5, 0.6) is 0 Å². The van der Waals surface area contributed by atoms with Gasteiger partial charge in [0.05, 0.1) is 5.69 Å². The third kappa shape index (κ3) is 5.14. The second-order valence-corrected chi connectivity index (χ2v) is 12.8. The highest BCUT2D eigenvalue weighted by atomic mass is 31.2. The van der Waals surface area contributed by atoms with Crippen molar-refractivity contribution in [3.63, 3.8) is 0 Å². The van der Waals surface area contributed by atoms with Crippen LogP contribution in [0.4, 0.5) is 5.69 Å². The van der Waals surface area contributed by atoms with Gasteiger partial charge in [-0.05, 0) is 46.6 Å². The maximum atomic E-state index is 14.6. The summed E-state index contributed by atoms with van der Waals surface area (Å²) in [4.78, 5) is 28.0. The third-order valence-electron chi connectivity index (χ3n) is 7.07. The Morgan fingerprint density at radius 2 is 1.05 bits per heavy atom. The molecule has 0 spiro atoms. The van der Waals surface area contributed by atoms with Crippen molar-refractivity contribution in [3.8, 4) is 0 Å². The fraction of sp³-hybridized carbons (Fsp3) is 0. The Morgan fingerprint density at radius 3 is 1.59 bits per heavy atom. The van der Waals surface area contributed by atoms with Gasteiger partial charge in [0.2, 0.25) is 5.78 Å². The second-order valence-electron chi connectivity index (χ2n) is 9.58. The zero-order valence-corrected chi connectivity index (χ0v) is 23.1. The second kappa shape index (κ2) is 11.6. The molecule has 5 aromatic rings. The molecule has 41 heavy (non-hydrogen) atoms. The molecule has 1 amide bonds. The van der Waals surface area contributed by atoms with Crippen LogP contribution in [0.15, 0.2) is 157 Å². The van der Waals surface area contributed by atoms with Crippen LogP contribution in [-0.2, 0) is 4.79 Å². The van der Waals surface area contributed by atoms with Crippen LogP contribution in [0.2, 0.25) is 0 Å².